The zero-order chi connectivity index (χ0) is 9.40. The maximum atomic E-state index is 11.0. The summed E-state index contributed by atoms with van der Waals surface area (Å²) in [6.45, 7) is 5.22. The van der Waals surface area contributed by atoms with Gasteiger partial charge in [0.25, 0.3) is 0 Å². The summed E-state index contributed by atoms with van der Waals surface area (Å²) in [7, 11) is 0. The molecule has 0 radical (unpaired) electrons. The first kappa shape index (κ1) is 11.6. The van der Waals surface area contributed by atoms with Crippen LogP contribution >= 0.6 is 0 Å². The summed E-state index contributed by atoms with van der Waals surface area (Å²) in [5, 5.41) is 3.15. The Morgan fingerprint density at radius 3 is 2.58 bits per heavy atom. The molecular formula is C9H20N2O. The summed E-state index contributed by atoms with van der Waals surface area (Å²) in [5.41, 5.74) is 5.36. The molecule has 0 bridgehead atoms. The summed E-state index contributed by atoms with van der Waals surface area (Å²) in [6.07, 6.45) is 2.96. The molecule has 0 aromatic heterocycles. The number of nitrogens with two attached hydrogens (primary N) is 1. The molecule has 0 saturated heterocycles. The van der Waals surface area contributed by atoms with Crippen LogP contribution in [0.2, 0.25) is 0 Å². The van der Waals surface area contributed by atoms with Gasteiger partial charge in [0.2, 0.25) is 0 Å². The van der Waals surface area contributed by atoms with Gasteiger partial charge in [-0.1, -0.05) is 13.3 Å². The van der Waals surface area contributed by atoms with Gasteiger partial charge in [-0.25, -0.2) is 0 Å². The van der Waals surface area contributed by atoms with E-state index in [1.165, 1.54) is 0 Å². The monoisotopic (exact) mass is 172 g/mol. The van der Waals surface area contributed by atoms with Gasteiger partial charge in [-0.05, 0) is 32.9 Å². The zero-order valence-electron chi connectivity index (χ0n) is 8.10. The Morgan fingerprint density at radius 1 is 1.50 bits per heavy atom. The first-order valence-corrected chi connectivity index (χ1v) is 4.66. The van der Waals surface area contributed by atoms with Gasteiger partial charge in [-0.3, -0.25) is 4.79 Å². The normalized spacial score (nSPS) is 12.9. The summed E-state index contributed by atoms with van der Waals surface area (Å²) >= 11 is 0. The third kappa shape index (κ3) is 5.27. The van der Waals surface area contributed by atoms with E-state index in [9.17, 15) is 4.79 Å². The van der Waals surface area contributed by atoms with Crippen molar-refractivity contribution in [2.24, 2.45) is 5.73 Å². The number of nitrogens with one attached hydrogen (secondary N) is 1. The molecular weight excluding hydrogens is 152 g/mol. The Bertz CT molecular complexity index is 126. The number of unbranched alkanes of at least 4 members (excludes halogenated alkanes) is 1. The Balaban J connectivity index is 3.56. The van der Waals surface area contributed by atoms with Crippen LogP contribution in [0.5, 0.6) is 0 Å². The Kier molecular flexibility index (Phi) is 7.00. The Morgan fingerprint density at radius 2 is 2.17 bits per heavy atom. The van der Waals surface area contributed by atoms with Crippen LogP contribution < -0.4 is 11.1 Å². The highest BCUT2D eigenvalue weighted by Crippen LogP contribution is 2.00. The second-order valence-electron chi connectivity index (χ2n) is 3.01. The lowest BCUT2D eigenvalue weighted by Gasteiger charge is -2.13. The molecule has 0 aromatic carbocycles. The van der Waals surface area contributed by atoms with Crippen molar-refractivity contribution in [1.29, 1.82) is 0 Å². The molecule has 0 heterocycles. The lowest BCUT2D eigenvalue weighted by Crippen LogP contribution is -2.35. The highest BCUT2D eigenvalue weighted by molar-refractivity contribution is 5.81. The maximum absolute atomic E-state index is 11.0. The fourth-order valence-electron chi connectivity index (χ4n) is 1.19. The van der Waals surface area contributed by atoms with E-state index < -0.39 is 0 Å². The second-order valence-corrected chi connectivity index (χ2v) is 3.01. The van der Waals surface area contributed by atoms with E-state index in [1.54, 1.807) is 6.92 Å². The van der Waals surface area contributed by atoms with Crippen molar-refractivity contribution in [2.45, 2.75) is 39.2 Å². The molecule has 1 atom stereocenters. The van der Waals surface area contributed by atoms with Gasteiger partial charge in [0, 0.05) is 0 Å². The van der Waals surface area contributed by atoms with Crippen molar-refractivity contribution >= 4 is 5.78 Å². The lowest BCUT2D eigenvalue weighted by molar-refractivity contribution is -0.119. The average Bonchev–Trinajstić information content (AvgIpc) is 2.03. The average molecular weight is 172 g/mol. The van der Waals surface area contributed by atoms with Gasteiger partial charge >= 0.3 is 0 Å². The number of carbonyl (C=O) groups is 1. The first-order valence-electron chi connectivity index (χ1n) is 4.66. The minimum atomic E-state index is 0.0431. The van der Waals surface area contributed by atoms with E-state index in [0.717, 1.165) is 32.4 Å². The van der Waals surface area contributed by atoms with Gasteiger partial charge in [0.1, 0.15) is 5.78 Å². The van der Waals surface area contributed by atoms with Crippen LogP contribution in [0.25, 0.3) is 0 Å². The first-order chi connectivity index (χ1) is 5.72. The van der Waals surface area contributed by atoms with Crippen LogP contribution in [0.4, 0.5) is 0 Å². The van der Waals surface area contributed by atoms with Crippen molar-refractivity contribution in [3.8, 4) is 0 Å². The number of hydrogen-bond donors (Lipinski definition) is 2. The largest absolute Gasteiger partial charge is 0.330 e. The van der Waals surface area contributed by atoms with E-state index >= 15 is 0 Å². The summed E-state index contributed by atoms with van der Waals surface area (Å²) in [6, 6.07) is 0.0431. The summed E-state index contributed by atoms with van der Waals surface area (Å²) in [4.78, 5) is 11.0. The van der Waals surface area contributed by atoms with Crippen molar-refractivity contribution in [3.63, 3.8) is 0 Å². The quantitative estimate of drug-likeness (QED) is 0.555. The molecule has 0 aliphatic rings. The van der Waals surface area contributed by atoms with Crippen LogP contribution in [0.3, 0.4) is 0 Å². The predicted molar refractivity (Wildman–Crippen MR) is 51.1 cm³/mol. The molecule has 0 aliphatic heterocycles. The van der Waals surface area contributed by atoms with Crippen LogP contribution in [0, 0.1) is 0 Å². The molecule has 3 nitrogen and oxygen atoms in total. The van der Waals surface area contributed by atoms with Crippen molar-refractivity contribution in [1.82, 2.24) is 5.32 Å². The third-order valence-electron chi connectivity index (χ3n) is 1.89. The fourth-order valence-corrected chi connectivity index (χ4v) is 1.19. The number of ketones is 1. The van der Waals surface area contributed by atoms with Crippen molar-refractivity contribution in [3.05, 3.63) is 0 Å². The molecule has 0 amide bonds. The Labute approximate surface area is 74.7 Å². The molecule has 0 fully saturated rings. The van der Waals surface area contributed by atoms with E-state index in [4.69, 9.17) is 5.73 Å². The standard InChI is InChI=1S/C9H20N2O/c1-3-11-9(8(2)12)6-4-5-7-10/h9,11H,3-7,10H2,1-2H3/t9-/m0/s1. The topological polar surface area (TPSA) is 55.1 Å². The zero-order valence-corrected chi connectivity index (χ0v) is 8.10. The second kappa shape index (κ2) is 7.25. The minimum absolute atomic E-state index is 0.0431. The van der Waals surface area contributed by atoms with E-state index in [0.29, 0.717) is 0 Å². The molecule has 0 saturated carbocycles. The number of Topliss-reactive ketones (excluding diaryl/α,β-unsaturated/α-hetero) is 1. The minimum Gasteiger partial charge on any atom is -0.330 e. The number of carbonyl (C=O) groups excluding carboxylic acids is 1. The van der Waals surface area contributed by atoms with Crippen LogP contribution in [0.15, 0.2) is 0 Å². The smallest absolute Gasteiger partial charge is 0.146 e. The molecule has 0 aliphatic carbocycles. The van der Waals surface area contributed by atoms with Crippen LogP contribution in [-0.4, -0.2) is 24.9 Å². The predicted octanol–water partition coefficient (Wildman–Crippen LogP) is 0.682. The van der Waals surface area contributed by atoms with Crippen LogP contribution in [0.1, 0.15) is 33.1 Å². The molecule has 0 rings (SSSR count). The highest BCUT2D eigenvalue weighted by atomic mass is 16.1. The lowest BCUT2D eigenvalue weighted by atomic mass is 10.1. The molecule has 3 N–H and O–H groups in total. The van der Waals surface area contributed by atoms with Crippen molar-refractivity contribution in [2.75, 3.05) is 13.1 Å². The fraction of sp³-hybridized carbons (Fsp3) is 0.889. The van der Waals surface area contributed by atoms with Gasteiger partial charge in [0.15, 0.2) is 0 Å². The molecule has 72 valence electrons. The van der Waals surface area contributed by atoms with Gasteiger partial charge in [-0.2, -0.15) is 0 Å². The molecule has 0 aromatic rings. The molecule has 12 heavy (non-hydrogen) atoms. The third-order valence-corrected chi connectivity index (χ3v) is 1.89. The van der Waals surface area contributed by atoms with Crippen molar-refractivity contribution < 1.29 is 4.79 Å². The van der Waals surface area contributed by atoms with Gasteiger partial charge < -0.3 is 11.1 Å². The molecule has 0 unspecified atom stereocenters. The van der Waals surface area contributed by atoms with E-state index in [1.807, 2.05) is 6.92 Å². The highest BCUT2D eigenvalue weighted by Gasteiger charge is 2.10. The number of rotatable bonds is 7. The van der Waals surface area contributed by atoms with Gasteiger partial charge in [0.05, 0.1) is 6.04 Å². The number of likely N-dealkylation sites (N-methyl/N-ethyl adjacent to an activating group) is 1. The summed E-state index contributed by atoms with van der Waals surface area (Å²) < 4.78 is 0. The molecule has 3 heteroatoms. The summed E-state index contributed by atoms with van der Waals surface area (Å²) in [5.74, 6) is 0.230. The Hall–Kier alpha value is -0.410. The molecule has 0 spiro atoms. The van der Waals surface area contributed by atoms with E-state index in [-0.39, 0.29) is 11.8 Å². The number of hydrogen-bond acceptors (Lipinski definition) is 3. The SMILES string of the molecule is CCN[C@@H](CCCCN)C(C)=O. The maximum Gasteiger partial charge on any atom is 0.146 e. The van der Waals surface area contributed by atoms with Gasteiger partial charge in [-0.15, -0.1) is 0 Å². The van der Waals surface area contributed by atoms with Crippen LogP contribution in [-0.2, 0) is 4.79 Å². The van der Waals surface area contributed by atoms with E-state index in [2.05, 4.69) is 5.32 Å².